The molecule has 1 amide bonds. The number of thiazole rings is 1. The lowest BCUT2D eigenvalue weighted by Gasteiger charge is -2.30. The quantitative estimate of drug-likeness (QED) is 0.809. The highest BCUT2D eigenvalue weighted by molar-refractivity contribution is 7.07. The van der Waals surface area contributed by atoms with E-state index in [0.29, 0.717) is 37.2 Å². The number of hydrogen-bond donors (Lipinski definition) is 0. The number of ketones is 1. The molecule has 0 radical (unpaired) electrons. The van der Waals surface area contributed by atoms with E-state index in [-0.39, 0.29) is 17.6 Å². The van der Waals surface area contributed by atoms with Crippen LogP contribution in [0.15, 0.2) is 35.2 Å². The summed E-state index contributed by atoms with van der Waals surface area (Å²) in [4.78, 5) is 30.6. The molecule has 5 nitrogen and oxygen atoms in total. The van der Waals surface area contributed by atoms with Gasteiger partial charge < -0.3 is 9.64 Å². The highest BCUT2D eigenvalue weighted by Gasteiger charge is 2.28. The molecule has 0 spiro atoms. The second-order valence-corrected chi connectivity index (χ2v) is 6.25. The Morgan fingerprint density at radius 3 is 2.48 bits per heavy atom. The van der Waals surface area contributed by atoms with Crippen molar-refractivity contribution in [2.75, 3.05) is 20.2 Å². The molecule has 1 aromatic heterocycles. The van der Waals surface area contributed by atoms with Gasteiger partial charge in [-0.3, -0.25) is 9.59 Å². The van der Waals surface area contributed by atoms with Gasteiger partial charge in [0.05, 0.1) is 12.6 Å². The highest BCUT2D eigenvalue weighted by Crippen LogP contribution is 2.24. The van der Waals surface area contributed by atoms with Crippen molar-refractivity contribution in [3.63, 3.8) is 0 Å². The van der Waals surface area contributed by atoms with Crippen LogP contribution in [0.1, 0.15) is 33.7 Å². The summed E-state index contributed by atoms with van der Waals surface area (Å²) in [5, 5.41) is 1.76. The molecule has 0 bridgehead atoms. The first-order valence-corrected chi connectivity index (χ1v) is 8.49. The van der Waals surface area contributed by atoms with E-state index in [1.54, 1.807) is 47.2 Å². The number of methoxy groups -OCH3 is 1. The molecule has 1 aliphatic heterocycles. The van der Waals surface area contributed by atoms with Gasteiger partial charge >= 0.3 is 0 Å². The number of piperidine rings is 1. The summed E-state index contributed by atoms with van der Waals surface area (Å²) in [6.07, 6.45) is 1.39. The molecule has 0 N–H and O–H groups in total. The Hall–Kier alpha value is -2.21. The fourth-order valence-electron chi connectivity index (χ4n) is 2.82. The van der Waals surface area contributed by atoms with Gasteiger partial charge in [-0.05, 0) is 37.1 Å². The lowest BCUT2D eigenvalue weighted by Crippen LogP contribution is -2.40. The average molecular weight is 330 g/mol. The first kappa shape index (κ1) is 15.7. The van der Waals surface area contributed by atoms with Gasteiger partial charge in [0.1, 0.15) is 11.4 Å². The van der Waals surface area contributed by atoms with Crippen LogP contribution in [0.25, 0.3) is 0 Å². The van der Waals surface area contributed by atoms with Crippen molar-refractivity contribution < 1.29 is 14.3 Å². The van der Waals surface area contributed by atoms with Crippen LogP contribution in [0.3, 0.4) is 0 Å². The zero-order valence-corrected chi connectivity index (χ0v) is 13.7. The molecule has 6 heteroatoms. The van der Waals surface area contributed by atoms with E-state index >= 15 is 0 Å². The summed E-state index contributed by atoms with van der Waals surface area (Å²) < 4.78 is 5.11. The first-order chi connectivity index (χ1) is 11.2. The lowest BCUT2D eigenvalue weighted by molar-refractivity contribution is 0.0646. The summed E-state index contributed by atoms with van der Waals surface area (Å²) in [5.41, 5.74) is 2.86. The van der Waals surface area contributed by atoms with Crippen LogP contribution in [-0.4, -0.2) is 41.8 Å². The topological polar surface area (TPSA) is 59.5 Å². The maximum atomic E-state index is 12.5. The second kappa shape index (κ2) is 6.91. The van der Waals surface area contributed by atoms with Crippen LogP contribution < -0.4 is 4.74 Å². The van der Waals surface area contributed by atoms with E-state index in [0.717, 1.165) is 5.75 Å². The Morgan fingerprint density at radius 1 is 1.22 bits per heavy atom. The van der Waals surface area contributed by atoms with Crippen molar-refractivity contribution in [2.24, 2.45) is 5.92 Å². The fraction of sp³-hybridized carbons (Fsp3) is 0.353. The number of carbonyl (C=O) groups excluding carboxylic acids is 2. The molecule has 2 aromatic rings. The van der Waals surface area contributed by atoms with Gasteiger partial charge in [-0.2, -0.15) is 0 Å². The highest BCUT2D eigenvalue weighted by atomic mass is 32.1. The smallest absolute Gasteiger partial charge is 0.273 e. The predicted molar refractivity (Wildman–Crippen MR) is 88.1 cm³/mol. The zero-order valence-electron chi connectivity index (χ0n) is 12.9. The largest absolute Gasteiger partial charge is 0.497 e. The summed E-state index contributed by atoms with van der Waals surface area (Å²) in [6, 6.07) is 7.20. The molecular weight excluding hydrogens is 312 g/mol. The molecule has 0 saturated carbocycles. The summed E-state index contributed by atoms with van der Waals surface area (Å²) >= 11 is 1.41. The van der Waals surface area contributed by atoms with Crippen LogP contribution in [-0.2, 0) is 0 Å². The molecule has 1 aromatic carbocycles. The number of amides is 1. The first-order valence-electron chi connectivity index (χ1n) is 7.55. The third-order valence-corrected chi connectivity index (χ3v) is 4.77. The number of carbonyl (C=O) groups is 2. The zero-order chi connectivity index (χ0) is 16.2. The molecule has 23 heavy (non-hydrogen) atoms. The van der Waals surface area contributed by atoms with Gasteiger partial charge in [0.25, 0.3) is 5.91 Å². The minimum Gasteiger partial charge on any atom is -0.497 e. The minimum absolute atomic E-state index is 0.0251. The molecule has 120 valence electrons. The molecule has 3 rings (SSSR count). The number of ether oxygens (including phenoxy) is 1. The summed E-state index contributed by atoms with van der Waals surface area (Å²) in [6.45, 7) is 1.20. The van der Waals surface area contributed by atoms with E-state index in [4.69, 9.17) is 4.74 Å². The number of aromatic nitrogens is 1. The average Bonchev–Trinajstić information content (AvgIpc) is 3.15. The van der Waals surface area contributed by atoms with Gasteiger partial charge in [-0.15, -0.1) is 11.3 Å². The number of Topliss-reactive ketones (excluding diaryl/α,β-unsaturated/α-hetero) is 1. The molecule has 1 aliphatic rings. The Kier molecular flexibility index (Phi) is 4.71. The van der Waals surface area contributed by atoms with E-state index in [1.807, 2.05) is 0 Å². The Balaban J connectivity index is 1.59. The van der Waals surface area contributed by atoms with Crippen molar-refractivity contribution in [3.05, 3.63) is 46.4 Å². The second-order valence-electron chi connectivity index (χ2n) is 5.53. The molecule has 2 heterocycles. The summed E-state index contributed by atoms with van der Waals surface area (Å²) in [5.74, 6) is 0.822. The predicted octanol–water partition coefficient (Wildman–Crippen LogP) is 2.89. The number of likely N-dealkylation sites (tertiary alicyclic amines) is 1. The molecule has 0 atom stereocenters. The van der Waals surface area contributed by atoms with Gasteiger partial charge in [-0.1, -0.05) is 0 Å². The molecule has 1 fully saturated rings. The van der Waals surface area contributed by atoms with Gasteiger partial charge in [0.2, 0.25) is 0 Å². The van der Waals surface area contributed by atoms with Crippen LogP contribution >= 0.6 is 11.3 Å². The fourth-order valence-corrected chi connectivity index (χ4v) is 3.34. The van der Waals surface area contributed by atoms with Gasteiger partial charge in [0.15, 0.2) is 5.78 Å². The summed E-state index contributed by atoms with van der Waals surface area (Å²) in [7, 11) is 1.60. The molecule has 0 unspecified atom stereocenters. The standard InChI is InChI=1S/C17H18N2O3S/c1-22-14-4-2-12(3-5-14)16(20)13-6-8-19(9-7-13)17(21)15-10-23-11-18-15/h2-5,10-11,13H,6-9H2,1H3. The number of nitrogens with zero attached hydrogens (tertiary/aromatic N) is 2. The SMILES string of the molecule is COc1ccc(C(=O)C2CCN(C(=O)c3cscn3)CC2)cc1. The van der Waals surface area contributed by atoms with Crippen LogP contribution in [0, 0.1) is 5.92 Å². The Bertz CT molecular complexity index is 674. The maximum Gasteiger partial charge on any atom is 0.273 e. The van der Waals surface area contributed by atoms with Crippen molar-refractivity contribution in [3.8, 4) is 5.75 Å². The van der Waals surface area contributed by atoms with Crippen LogP contribution in [0.5, 0.6) is 5.75 Å². The third kappa shape index (κ3) is 3.42. The van der Waals surface area contributed by atoms with Gasteiger partial charge in [-0.25, -0.2) is 4.98 Å². The van der Waals surface area contributed by atoms with Crippen molar-refractivity contribution in [1.29, 1.82) is 0 Å². The van der Waals surface area contributed by atoms with E-state index in [1.165, 1.54) is 11.3 Å². The van der Waals surface area contributed by atoms with E-state index in [9.17, 15) is 9.59 Å². The van der Waals surface area contributed by atoms with Gasteiger partial charge in [0, 0.05) is 30.0 Å². The van der Waals surface area contributed by atoms with E-state index < -0.39 is 0 Å². The van der Waals surface area contributed by atoms with Crippen LogP contribution in [0.2, 0.25) is 0 Å². The van der Waals surface area contributed by atoms with Crippen molar-refractivity contribution in [1.82, 2.24) is 9.88 Å². The molecular formula is C17H18N2O3S. The van der Waals surface area contributed by atoms with Crippen molar-refractivity contribution >= 4 is 23.0 Å². The number of benzene rings is 1. The maximum absolute atomic E-state index is 12.5. The monoisotopic (exact) mass is 330 g/mol. The Morgan fingerprint density at radius 2 is 1.91 bits per heavy atom. The number of hydrogen-bond acceptors (Lipinski definition) is 5. The molecule has 1 saturated heterocycles. The van der Waals surface area contributed by atoms with E-state index in [2.05, 4.69) is 4.98 Å². The van der Waals surface area contributed by atoms with Crippen LogP contribution in [0.4, 0.5) is 0 Å². The number of rotatable bonds is 4. The normalized spacial score (nSPS) is 15.4. The Labute approximate surface area is 138 Å². The van der Waals surface area contributed by atoms with Crippen molar-refractivity contribution in [2.45, 2.75) is 12.8 Å². The third-order valence-electron chi connectivity index (χ3n) is 4.18. The lowest BCUT2D eigenvalue weighted by atomic mass is 9.89. The minimum atomic E-state index is -0.0402. The molecule has 0 aliphatic carbocycles.